The molecule has 0 aliphatic carbocycles. The van der Waals surface area contributed by atoms with Gasteiger partial charge in [-0.25, -0.2) is 8.42 Å². The highest BCUT2D eigenvalue weighted by Crippen LogP contribution is 2.30. The van der Waals surface area contributed by atoms with Crippen molar-refractivity contribution in [3.63, 3.8) is 0 Å². The van der Waals surface area contributed by atoms with Crippen molar-refractivity contribution in [2.24, 2.45) is 0 Å². The molecule has 3 aromatic rings. The van der Waals surface area contributed by atoms with Crippen molar-refractivity contribution in [2.45, 2.75) is 4.90 Å². The van der Waals surface area contributed by atoms with E-state index >= 15 is 0 Å². The second-order valence-electron chi connectivity index (χ2n) is 6.13. The normalized spacial score (nSPS) is 10.9. The van der Waals surface area contributed by atoms with Crippen molar-refractivity contribution in [1.82, 2.24) is 0 Å². The fraction of sp³-hybridized carbons (Fsp3) is 0.0952. The van der Waals surface area contributed by atoms with Crippen molar-refractivity contribution in [1.29, 1.82) is 0 Å². The maximum atomic E-state index is 12.9. The molecule has 3 rings (SSSR count). The Morgan fingerprint density at radius 3 is 2.17 bits per heavy atom. The summed E-state index contributed by atoms with van der Waals surface area (Å²) in [6.07, 6.45) is 0. The maximum Gasteiger partial charge on any atom is 0.265 e. The van der Waals surface area contributed by atoms with Gasteiger partial charge in [-0.2, -0.15) is 0 Å². The SMILES string of the molecule is COc1ccccc1C(=O)Nc1ccc(OC)c(S(=O)(=O)Nc2ccc(Br)cc2)c1. The molecule has 0 aliphatic rings. The van der Waals surface area contributed by atoms with Gasteiger partial charge in [0.15, 0.2) is 0 Å². The number of methoxy groups -OCH3 is 2. The van der Waals surface area contributed by atoms with Gasteiger partial charge in [0.2, 0.25) is 0 Å². The molecule has 1 amide bonds. The summed E-state index contributed by atoms with van der Waals surface area (Å²) in [6.45, 7) is 0. The van der Waals surface area contributed by atoms with Crippen molar-refractivity contribution in [2.75, 3.05) is 24.3 Å². The molecule has 0 bridgehead atoms. The summed E-state index contributed by atoms with van der Waals surface area (Å²) in [7, 11) is -1.12. The van der Waals surface area contributed by atoms with Crippen LogP contribution in [0.3, 0.4) is 0 Å². The zero-order chi connectivity index (χ0) is 21.7. The predicted molar refractivity (Wildman–Crippen MR) is 119 cm³/mol. The number of carbonyl (C=O) groups is 1. The van der Waals surface area contributed by atoms with Crippen LogP contribution in [0.2, 0.25) is 0 Å². The maximum absolute atomic E-state index is 12.9. The smallest absolute Gasteiger partial charge is 0.265 e. The largest absolute Gasteiger partial charge is 0.496 e. The first kappa shape index (κ1) is 21.7. The minimum Gasteiger partial charge on any atom is -0.496 e. The van der Waals surface area contributed by atoms with Gasteiger partial charge >= 0.3 is 0 Å². The fourth-order valence-corrected chi connectivity index (χ4v) is 4.24. The predicted octanol–water partition coefficient (Wildman–Crippen LogP) is 4.52. The molecule has 0 spiro atoms. The standard InChI is InChI=1S/C21H19BrN2O5S/c1-28-18-6-4-3-5-17(18)21(25)23-16-11-12-19(29-2)20(13-16)30(26,27)24-15-9-7-14(22)8-10-15/h3-13,24H,1-2H3,(H,23,25). The average Bonchev–Trinajstić information content (AvgIpc) is 2.75. The quantitative estimate of drug-likeness (QED) is 0.507. The van der Waals surface area contributed by atoms with Gasteiger partial charge in [-0.05, 0) is 54.6 Å². The Labute approximate surface area is 183 Å². The number of para-hydroxylation sites is 1. The van der Waals surface area contributed by atoms with Gasteiger partial charge in [0.05, 0.1) is 19.8 Å². The minimum atomic E-state index is -3.97. The summed E-state index contributed by atoms with van der Waals surface area (Å²) >= 11 is 3.31. The number of rotatable bonds is 7. The van der Waals surface area contributed by atoms with Gasteiger partial charge in [-0.1, -0.05) is 28.1 Å². The summed E-state index contributed by atoms with van der Waals surface area (Å²) in [5.41, 5.74) is 1.01. The van der Waals surface area contributed by atoms with E-state index in [0.29, 0.717) is 22.7 Å². The van der Waals surface area contributed by atoms with Gasteiger partial charge in [0, 0.05) is 15.8 Å². The van der Waals surface area contributed by atoms with Crippen LogP contribution < -0.4 is 19.5 Å². The van der Waals surface area contributed by atoms with Crippen LogP contribution in [0.5, 0.6) is 11.5 Å². The van der Waals surface area contributed by atoms with Gasteiger partial charge in [-0.3, -0.25) is 9.52 Å². The van der Waals surface area contributed by atoms with Gasteiger partial charge in [0.25, 0.3) is 15.9 Å². The number of carbonyl (C=O) groups excluding carboxylic acids is 1. The molecular formula is C21H19BrN2O5S. The Morgan fingerprint density at radius 2 is 1.50 bits per heavy atom. The van der Waals surface area contributed by atoms with E-state index in [4.69, 9.17) is 9.47 Å². The van der Waals surface area contributed by atoms with Crippen LogP contribution in [0, 0.1) is 0 Å². The number of anilines is 2. The molecule has 0 aromatic heterocycles. The Kier molecular flexibility index (Phi) is 6.63. The lowest BCUT2D eigenvalue weighted by molar-refractivity contribution is 0.102. The van der Waals surface area contributed by atoms with Crippen LogP contribution in [-0.2, 0) is 10.0 Å². The lowest BCUT2D eigenvalue weighted by Crippen LogP contribution is -2.16. The minimum absolute atomic E-state index is 0.106. The molecular weight excluding hydrogens is 472 g/mol. The van der Waals surface area contributed by atoms with E-state index < -0.39 is 15.9 Å². The Balaban J connectivity index is 1.91. The second kappa shape index (κ2) is 9.19. The molecule has 9 heteroatoms. The zero-order valence-corrected chi connectivity index (χ0v) is 18.6. The molecule has 3 aromatic carbocycles. The summed E-state index contributed by atoms with van der Waals surface area (Å²) in [4.78, 5) is 12.5. The number of nitrogens with one attached hydrogen (secondary N) is 2. The molecule has 7 nitrogen and oxygen atoms in total. The molecule has 156 valence electrons. The van der Waals surface area contributed by atoms with Crippen LogP contribution in [0.1, 0.15) is 10.4 Å². The Bertz CT molecular complexity index is 1160. The fourth-order valence-electron chi connectivity index (χ4n) is 2.72. The third-order valence-corrected chi connectivity index (χ3v) is 6.09. The van der Waals surface area contributed by atoms with E-state index in [-0.39, 0.29) is 10.6 Å². The molecule has 0 atom stereocenters. The van der Waals surface area contributed by atoms with Crippen LogP contribution in [0.4, 0.5) is 11.4 Å². The van der Waals surface area contributed by atoms with Crippen molar-refractivity contribution in [3.05, 3.63) is 76.8 Å². The molecule has 0 unspecified atom stereocenters. The lowest BCUT2D eigenvalue weighted by Gasteiger charge is -2.14. The van der Waals surface area contributed by atoms with E-state index in [9.17, 15) is 13.2 Å². The number of hydrogen-bond acceptors (Lipinski definition) is 5. The first-order chi connectivity index (χ1) is 14.3. The zero-order valence-electron chi connectivity index (χ0n) is 16.2. The van der Waals surface area contributed by atoms with Crippen molar-refractivity contribution < 1.29 is 22.7 Å². The van der Waals surface area contributed by atoms with E-state index in [2.05, 4.69) is 26.0 Å². The lowest BCUT2D eigenvalue weighted by atomic mass is 10.2. The summed E-state index contributed by atoms with van der Waals surface area (Å²) < 4.78 is 39.6. The molecule has 0 heterocycles. The van der Waals surface area contributed by atoms with Crippen LogP contribution in [-0.4, -0.2) is 28.5 Å². The number of sulfonamides is 1. The molecule has 2 N–H and O–H groups in total. The van der Waals surface area contributed by atoms with E-state index in [1.165, 1.54) is 26.4 Å². The van der Waals surface area contributed by atoms with Gasteiger partial charge in [0.1, 0.15) is 16.4 Å². The Morgan fingerprint density at radius 1 is 0.867 bits per heavy atom. The third-order valence-electron chi connectivity index (χ3n) is 4.16. The second-order valence-corrected chi connectivity index (χ2v) is 8.70. The van der Waals surface area contributed by atoms with Crippen LogP contribution >= 0.6 is 15.9 Å². The van der Waals surface area contributed by atoms with Crippen LogP contribution in [0.25, 0.3) is 0 Å². The molecule has 0 saturated heterocycles. The number of amides is 1. The van der Waals surface area contributed by atoms with Gasteiger partial charge in [-0.15, -0.1) is 0 Å². The molecule has 0 aliphatic heterocycles. The Hall–Kier alpha value is -3.04. The molecule has 0 saturated carbocycles. The number of benzene rings is 3. The first-order valence-corrected chi connectivity index (χ1v) is 11.0. The van der Waals surface area contributed by atoms with Crippen molar-refractivity contribution in [3.8, 4) is 11.5 Å². The van der Waals surface area contributed by atoms with Crippen LogP contribution in [0.15, 0.2) is 76.1 Å². The first-order valence-electron chi connectivity index (χ1n) is 8.75. The monoisotopic (exact) mass is 490 g/mol. The topological polar surface area (TPSA) is 93.7 Å². The average molecular weight is 491 g/mol. The number of ether oxygens (including phenoxy) is 2. The highest BCUT2D eigenvalue weighted by atomic mass is 79.9. The molecule has 0 radical (unpaired) electrons. The number of halogens is 1. The summed E-state index contributed by atoms with van der Waals surface area (Å²) in [6, 6.07) is 17.8. The molecule has 30 heavy (non-hydrogen) atoms. The van der Waals surface area contributed by atoms with Gasteiger partial charge < -0.3 is 14.8 Å². The highest BCUT2D eigenvalue weighted by Gasteiger charge is 2.21. The highest BCUT2D eigenvalue weighted by molar-refractivity contribution is 9.10. The summed E-state index contributed by atoms with van der Waals surface area (Å²) in [5, 5.41) is 2.70. The van der Waals surface area contributed by atoms with E-state index in [0.717, 1.165) is 4.47 Å². The van der Waals surface area contributed by atoms with E-state index in [1.54, 1.807) is 54.6 Å². The van der Waals surface area contributed by atoms with Crippen molar-refractivity contribution >= 4 is 43.2 Å². The third kappa shape index (κ3) is 4.92. The van der Waals surface area contributed by atoms with E-state index in [1.807, 2.05) is 0 Å². The molecule has 0 fully saturated rings. The number of hydrogen-bond donors (Lipinski definition) is 2. The summed E-state index contributed by atoms with van der Waals surface area (Å²) in [5.74, 6) is 0.130.